The van der Waals surface area contributed by atoms with Crippen molar-refractivity contribution in [3.05, 3.63) is 22.7 Å². The average molecular weight is 314 g/mol. The Balaban J connectivity index is 2.59. The van der Waals surface area contributed by atoms with Crippen molar-refractivity contribution < 1.29 is 27.4 Å². The largest absolute Gasteiger partial charge is 0.493 e. The van der Waals surface area contributed by atoms with E-state index in [1.165, 1.54) is 13.2 Å². The molecule has 0 bridgehead atoms. The first kappa shape index (κ1) is 16.9. The Morgan fingerprint density at radius 1 is 1.25 bits per heavy atom. The summed E-state index contributed by atoms with van der Waals surface area (Å²) in [6.07, 6.45) is -4.35. The second-order valence-corrected chi connectivity index (χ2v) is 4.25. The van der Waals surface area contributed by atoms with Crippen molar-refractivity contribution >= 4 is 11.6 Å². The van der Waals surface area contributed by atoms with Crippen molar-refractivity contribution in [1.82, 2.24) is 0 Å². The second-order valence-electron chi connectivity index (χ2n) is 3.82. The van der Waals surface area contributed by atoms with E-state index >= 15 is 0 Å². The van der Waals surface area contributed by atoms with Gasteiger partial charge in [-0.1, -0.05) is 11.6 Å². The molecule has 0 aliphatic carbocycles. The molecular formula is C12H15ClF3NO3. The molecule has 2 N–H and O–H groups in total. The Morgan fingerprint density at radius 3 is 2.50 bits per heavy atom. The molecule has 0 aliphatic heterocycles. The Morgan fingerprint density at radius 2 is 1.95 bits per heavy atom. The number of hydrogen-bond donors (Lipinski definition) is 1. The Hall–Kier alpha value is -1.18. The van der Waals surface area contributed by atoms with Crippen LogP contribution in [0.5, 0.6) is 11.5 Å². The van der Waals surface area contributed by atoms with E-state index in [4.69, 9.17) is 26.8 Å². The minimum absolute atomic E-state index is 0.0545. The molecule has 0 fully saturated rings. The molecule has 1 aromatic carbocycles. The zero-order valence-electron chi connectivity index (χ0n) is 10.8. The van der Waals surface area contributed by atoms with E-state index in [0.717, 1.165) is 0 Å². The van der Waals surface area contributed by atoms with Gasteiger partial charge in [-0.25, -0.2) is 0 Å². The zero-order valence-corrected chi connectivity index (χ0v) is 11.6. The summed E-state index contributed by atoms with van der Waals surface area (Å²) in [7, 11) is 1.43. The third-order valence-corrected chi connectivity index (χ3v) is 2.49. The van der Waals surface area contributed by atoms with Gasteiger partial charge in [0.2, 0.25) is 0 Å². The molecule has 0 heterocycles. The number of rotatable bonds is 7. The Labute approximate surface area is 119 Å². The van der Waals surface area contributed by atoms with Crippen LogP contribution in [0.15, 0.2) is 12.1 Å². The maximum Gasteiger partial charge on any atom is 0.411 e. The highest BCUT2D eigenvalue weighted by molar-refractivity contribution is 6.30. The number of nitrogens with two attached hydrogens (primary N) is 1. The van der Waals surface area contributed by atoms with E-state index < -0.39 is 12.8 Å². The molecule has 0 spiro atoms. The molecule has 114 valence electrons. The third-order valence-electron chi connectivity index (χ3n) is 2.28. The molecular weight excluding hydrogens is 299 g/mol. The third kappa shape index (κ3) is 5.44. The SMILES string of the molecule is COc1cc(Cl)cc(CN)c1OCCOCC(F)(F)F. The fourth-order valence-electron chi connectivity index (χ4n) is 1.48. The smallest absolute Gasteiger partial charge is 0.411 e. The number of ether oxygens (including phenoxy) is 3. The summed E-state index contributed by atoms with van der Waals surface area (Å²) in [5.74, 6) is 0.726. The fourth-order valence-corrected chi connectivity index (χ4v) is 1.71. The van der Waals surface area contributed by atoms with Crippen molar-refractivity contribution in [2.75, 3.05) is 26.9 Å². The summed E-state index contributed by atoms with van der Waals surface area (Å²) in [5, 5.41) is 0.433. The number of methoxy groups -OCH3 is 1. The average Bonchev–Trinajstić information content (AvgIpc) is 2.37. The minimum atomic E-state index is -4.35. The van der Waals surface area contributed by atoms with E-state index in [9.17, 15) is 13.2 Å². The molecule has 0 aromatic heterocycles. The van der Waals surface area contributed by atoms with Gasteiger partial charge in [0.15, 0.2) is 11.5 Å². The van der Waals surface area contributed by atoms with Crippen LogP contribution in [0.25, 0.3) is 0 Å². The lowest BCUT2D eigenvalue weighted by Crippen LogP contribution is -2.19. The molecule has 0 saturated carbocycles. The van der Waals surface area contributed by atoms with Crippen molar-refractivity contribution in [1.29, 1.82) is 0 Å². The van der Waals surface area contributed by atoms with Crippen LogP contribution in [0.3, 0.4) is 0 Å². The van der Waals surface area contributed by atoms with E-state index in [-0.39, 0.29) is 19.8 Å². The topological polar surface area (TPSA) is 53.7 Å². The molecule has 20 heavy (non-hydrogen) atoms. The van der Waals surface area contributed by atoms with Gasteiger partial charge >= 0.3 is 6.18 Å². The van der Waals surface area contributed by atoms with E-state index in [0.29, 0.717) is 22.1 Å². The number of alkyl halides is 3. The first-order valence-electron chi connectivity index (χ1n) is 5.71. The van der Waals surface area contributed by atoms with E-state index in [1.807, 2.05) is 0 Å². The molecule has 0 unspecified atom stereocenters. The van der Waals surface area contributed by atoms with Gasteiger partial charge in [-0.3, -0.25) is 0 Å². The number of benzene rings is 1. The molecule has 1 rings (SSSR count). The maximum atomic E-state index is 11.9. The quantitative estimate of drug-likeness (QED) is 0.786. The summed E-state index contributed by atoms with van der Waals surface area (Å²) < 4.78 is 50.5. The summed E-state index contributed by atoms with van der Waals surface area (Å²) in [6, 6.07) is 3.14. The van der Waals surface area contributed by atoms with Gasteiger partial charge in [-0.15, -0.1) is 0 Å². The van der Waals surface area contributed by atoms with Crippen molar-refractivity contribution in [3.8, 4) is 11.5 Å². The standard InChI is InChI=1S/C12H15ClF3NO3/c1-18-10-5-9(13)4-8(6-17)11(10)20-3-2-19-7-12(14,15)16/h4-5H,2-3,6-7,17H2,1H3. The minimum Gasteiger partial charge on any atom is -0.493 e. The maximum absolute atomic E-state index is 11.9. The first-order chi connectivity index (χ1) is 9.37. The van der Waals surface area contributed by atoms with Crippen molar-refractivity contribution in [2.45, 2.75) is 12.7 Å². The molecule has 0 saturated heterocycles. The van der Waals surface area contributed by atoms with Gasteiger partial charge in [-0.05, 0) is 6.07 Å². The number of hydrogen-bond acceptors (Lipinski definition) is 4. The highest BCUT2D eigenvalue weighted by Gasteiger charge is 2.27. The van der Waals surface area contributed by atoms with Gasteiger partial charge in [0.05, 0.1) is 13.7 Å². The molecule has 0 atom stereocenters. The summed E-state index contributed by atoms with van der Waals surface area (Å²) in [5.41, 5.74) is 6.16. The Bertz CT molecular complexity index is 415. The lowest BCUT2D eigenvalue weighted by atomic mass is 10.2. The first-order valence-corrected chi connectivity index (χ1v) is 6.09. The van der Waals surface area contributed by atoms with Crippen LogP contribution in [-0.4, -0.2) is 33.1 Å². The summed E-state index contributed by atoms with van der Waals surface area (Å²) in [6.45, 7) is -1.40. The Kier molecular flexibility index (Phi) is 6.38. The predicted molar refractivity (Wildman–Crippen MR) is 68.3 cm³/mol. The second kappa shape index (κ2) is 7.56. The van der Waals surface area contributed by atoms with Gasteiger partial charge in [0.25, 0.3) is 0 Å². The van der Waals surface area contributed by atoms with Crippen LogP contribution >= 0.6 is 11.6 Å². The summed E-state index contributed by atoms with van der Waals surface area (Å²) in [4.78, 5) is 0. The van der Waals surface area contributed by atoms with Gasteiger partial charge < -0.3 is 19.9 Å². The highest BCUT2D eigenvalue weighted by atomic mass is 35.5. The van der Waals surface area contributed by atoms with Crippen molar-refractivity contribution in [2.24, 2.45) is 5.73 Å². The molecule has 0 radical (unpaired) electrons. The highest BCUT2D eigenvalue weighted by Crippen LogP contribution is 2.34. The molecule has 4 nitrogen and oxygen atoms in total. The normalized spacial score (nSPS) is 11.5. The molecule has 8 heteroatoms. The van der Waals surface area contributed by atoms with Crippen LogP contribution in [0.2, 0.25) is 5.02 Å². The molecule has 0 amide bonds. The van der Waals surface area contributed by atoms with Crippen LogP contribution in [0, 0.1) is 0 Å². The van der Waals surface area contributed by atoms with Crippen LogP contribution in [-0.2, 0) is 11.3 Å². The predicted octanol–water partition coefficient (Wildman–Crippen LogP) is 2.77. The number of halogens is 4. The lowest BCUT2D eigenvalue weighted by molar-refractivity contribution is -0.175. The van der Waals surface area contributed by atoms with Crippen LogP contribution < -0.4 is 15.2 Å². The fraction of sp³-hybridized carbons (Fsp3) is 0.500. The van der Waals surface area contributed by atoms with Crippen LogP contribution in [0.1, 0.15) is 5.56 Å². The van der Waals surface area contributed by atoms with Gasteiger partial charge in [0, 0.05) is 23.2 Å². The van der Waals surface area contributed by atoms with Crippen LogP contribution in [0.4, 0.5) is 13.2 Å². The molecule has 0 aliphatic rings. The molecule has 1 aromatic rings. The zero-order chi connectivity index (χ0) is 15.2. The lowest BCUT2D eigenvalue weighted by Gasteiger charge is -2.15. The van der Waals surface area contributed by atoms with Gasteiger partial charge in [0.1, 0.15) is 13.2 Å². The van der Waals surface area contributed by atoms with E-state index in [2.05, 4.69) is 4.74 Å². The monoisotopic (exact) mass is 313 g/mol. The van der Waals surface area contributed by atoms with Crippen molar-refractivity contribution in [3.63, 3.8) is 0 Å². The summed E-state index contributed by atoms with van der Waals surface area (Å²) >= 11 is 5.87. The van der Waals surface area contributed by atoms with E-state index in [1.54, 1.807) is 6.07 Å². The van der Waals surface area contributed by atoms with Gasteiger partial charge in [-0.2, -0.15) is 13.2 Å².